The van der Waals surface area contributed by atoms with Crippen molar-refractivity contribution in [3.8, 4) is 5.75 Å². The fraction of sp³-hybridized carbons (Fsp3) is 0.273. The van der Waals surface area contributed by atoms with E-state index in [1.165, 1.54) is 6.07 Å². The molecule has 0 saturated carbocycles. The molecule has 2 rings (SSSR count). The molecule has 1 aromatic carbocycles. The van der Waals surface area contributed by atoms with Gasteiger partial charge in [-0.2, -0.15) is 0 Å². The third-order valence-electron chi connectivity index (χ3n) is 2.37. The number of nitro groups is 1. The fourth-order valence-electron chi connectivity index (χ4n) is 1.67. The van der Waals surface area contributed by atoms with Gasteiger partial charge in [0.25, 0.3) is 11.8 Å². The van der Waals surface area contributed by atoms with E-state index in [4.69, 9.17) is 4.74 Å². The molecule has 0 spiro atoms. The van der Waals surface area contributed by atoms with E-state index in [0.29, 0.717) is 0 Å². The maximum Gasteiger partial charge on any atom is 0.311 e. The summed E-state index contributed by atoms with van der Waals surface area (Å²) < 4.78 is 5.28. The Bertz CT molecular complexity index is 565. The van der Waals surface area contributed by atoms with E-state index in [0.717, 1.165) is 6.07 Å². The Balaban J connectivity index is 2.60. The average Bonchev–Trinajstić information content (AvgIpc) is 2.52. The molecule has 0 aliphatic carbocycles. The standard InChI is InChI=1S/C11H10N2O5/c1-5(2)18-9-4-7-6(3-8(9)13(16)17)10(14)12-11(7)15/h3-5H,1-2H3,(H,12,14,15). The molecule has 2 amide bonds. The first kappa shape index (κ1) is 12.0. The first-order valence-electron chi connectivity index (χ1n) is 5.25. The minimum absolute atomic E-state index is 0.00260. The molecular formula is C11H10N2O5. The van der Waals surface area contributed by atoms with E-state index in [2.05, 4.69) is 5.32 Å². The van der Waals surface area contributed by atoms with Gasteiger partial charge in [0.15, 0.2) is 5.75 Å². The summed E-state index contributed by atoms with van der Waals surface area (Å²) in [6, 6.07) is 2.29. The maximum absolute atomic E-state index is 11.4. The van der Waals surface area contributed by atoms with E-state index in [9.17, 15) is 19.7 Å². The van der Waals surface area contributed by atoms with E-state index in [1.807, 2.05) is 0 Å². The van der Waals surface area contributed by atoms with Crippen LogP contribution in [-0.4, -0.2) is 22.8 Å². The molecule has 94 valence electrons. The average molecular weight is 250 g/mol. The van der Waals surface area contributed by atoms with Crippen molar-refractivity contribution in [2.24, 2.45) is 0 Å². The molecule has 7 nitrogen and oxygen atoms in total. The molecule has 0 bridgehead atoms. The monoisotopic (exact) mass is 250 g/mol. The molecule has 0 unspecified atom stereocenters. The van der Waals surface area contributed by atoms with E-state index >= 15 is 0 Å². The number of nitrogens with one attached hydrogen (secondary N) is 1. The zero-order valence-electron chi connectivity index (χ0n) is 9.72. The van der Waals surface area contributed by atoms with Gasteiger partial charge in [-0.3, -0.25) is 25.0 Å². The smallest absolute Gasteiger partial charge is 0.311 e. The molecule has 18 heavy (non-hydrogen) atoms. The van der Waals surface area contributed by atoms with Gasteiger partial charge < -0.3 is 4.74 Å². The van der Waals surface area contributed by atoms with Gasteiger partial charge in [-0.15, -0.1) is 0 Å². The third-order valence-corrected chi connectivity index (χ3v) is 2.37. The van der Waals surface area contributed by atoms with E-state index in [1.54, 1.807) is 13.8 Å². The highest BCUT2D eigenvalue weighted by molar-refractivity contribution is 6.22. The number of nitrogens with zero attached hydrogens (tertiary/aromatic N) is 1. The second-order valence-electron chi connectivity index (χ2n) is 4.07. The molecule has 1 aromatic rings. The topological polar surface area (TPSA) is 98.5 Å². The predicted molar refractivity (Wildman–Crippen MR) is 60.7 cm³/mol. The summed E-state index contributed by atoms with van der Waals surface area (Å²) in [6.45, 7) is 3.42. The highest BCUT2D eigenvalue weighted by Crippen LogP contribution is 2.33. The summed E-state index contributed by atoms with van der Waals surface area (Å²) in [5, 5.41) is 13.0. The quantitative estimate of drug-likeness (QED) is 0.494. The minimum Gasteiger partial charge on any atom is -0.484 e. The van der Waals surface area contributed by atoms with Crippen LogP contribution in [0, 0.1) is 10.1 Å². The van der Waals surface area contributed by atoms with Gasteiger partial charge in [-0.1, -0.05) is 0 Å². The molecule has 7 heteroatoms. The van der Waals surface area contributed by atoms with Crippen LogP contribution in [0.15, 0.2) is 12.1 Å². The zero-order chi connectivity index (χ0) is 13.4. The van der Waals surface area contributed by atoms with E-state index < -0.39 is 16.7 Å². The van der Waals surface area contributed by atoms with Crippen molar-refractivity contribution in [3.63, 3.8) is 0 Å². The summed E-state index contributed by atoms with van der Waals surface area (Å²) >= 11 is 0. The molecule has 0 radical (unpaired) electrons. The van der Waals surface area contributed by atoms with Gasteiger partial charge in [-0.25, -0.2) is 0 Å². The van der Waals surface area contributed by atoms with Crippen molar-refractivity contribution in [1.29, 1.82) is 0 Å². The Hall–Kier alpha value is -2.44. The van der Waals surface area contributed by atoms with Crippen molar-refractivity contribution in [2.75, 3.05) is 0 Å². The summed E-state index contributed by atoms with van der Waals surface area (Å²) in [4.78, 5) is 33.1. The maximum atomic E-state index is 11.4. The number of hydrogen-bond donors (Lipinski definition) is 1. The lowest BCUT2D eigenvalue weighted by atomic mass is 10.1. The van der Waals surface area contributed by atoms with Crippen LogP contribution in [0.3, 0.4) is 0 Å². The number of nitro benzene ring substituents is 1. The Morgan fingerprint density at radius 3 is 2.28 bits per heavy atom. The Morgan fingerprint density at radius 1 is 1.22 bits per heavy atom. The lowest BCUT2D eigenvalue weighted by Crippen LogP contribution is -2.19. The minimum atomic E-state index is -0.645. The SMILES string of the molecule is CC(C)Oc1cc2c(cc1[N+](=O)[O-])C(=O)NC2=O. The molecule has 0 fully saturated rings. The van der Waals surface area contributed by atoms with Crippen molar-refractivity contribution in [2.45, 2.75) is 20.0 Å². The summed E-state index contributed by atoms with van der Waals surface area (Å²) in [5.41, 5.74) is -0.226. The second-order valence-corrected chi connectivity index (χ2v) is 4.07. The fourth-order valence-corrected chi connectivity index (χ4v) is 1.67. The molecule has 1 N–H and O–H groups in total. The van der Waals surface area contributed by atoms with Crippen LogP contribution < -0.4 is 10.1 Å². The molecule has 1 aliphatic rings. The number of benzene rings is 1. The lowest BCUT2D eigenvalue weighted by Gasteiger charge is -2.10. The van der Waals surface area contributed by atoms with Crippen LogP contribution in [0.25, 0.3) is 0 Å². The van der Waals surface area contributed by atoms with E-state index in [-0.39, 0.29) is 28.7 Å². The summed E-state index contributed by atoms with van der Waals surface area (Å²) in [7, 11) is 0. The number of carbonyl (C=O) groups is 2. The molecular weight excluding hydrogens is 240 g/mol. The van der Waals surface area contributed by atoms with Crippen molar-refractivity contribution >= 4 is 17.5 Å². The van der Waals surface area contributed by atoms with Crippen LogP contribution in [0.4, 0.5) is 5.69 Å². The van der Waals surface area contributed by atoms with Gasteiger partial charge in [0.1, 0.15) is 0 Å². The Kier molecular flexibility index (Phi) is 2.74. The van der Waals surface area contributed by atoms with Gasteiger partial charge in [0.2, 0.25) is 0 Å². The number of amides is 2. The number of imide groups is 1. The summed E-state index contributed by atoms with van der Waals surface area (Å²) in [6.07, 6.45) is -0.276. The summed E-state index contributed by atoms with van der Waals surface area (Å²) in [5.74, 6) is -1.22. The van der Waals surface area contributed by atoms with Crippen LogP contribution >= 0.6 is 0 Å². The van der Waals surface area contributed by atoms with Crippen LogP contribution in [0.5, 0.6) is 5.75 Å². The van der Waals surface area contributed by atoms with Crippen LogP contribution in [-0.2, 0) is 0 Å². The molecule has 0 saturated heterocycles. The number of fused-ring (bicyclic) bond motifs is 1. The highest BCUT2D eigenvalue weighted by atomic mass is 16.6. The van der Waals surface area contributed by atoms with Crippen molar-refractivity contribution in [1.82, 2.24) is 5.32 Å². The van der Waals surface area contributed by atoms with Crippen molar-refractivity contribution < 1.29 is 19.2 Å². The van der Waals surface area contributed by atoms with Gasteiger partial charge >= 0.3 is 5.69 Å². The molecule has 1 aliphatic heterocycles. The molecule has 1 heterocycles. The molecule has 0 aromatic heterocycles. The highest BCUT2D eigenvalue weighted by Gasteiger charge is 2.32. The van der Waals surface area contributed by atoms with Crippen LogP contribution in [0.1, 0.15) is 34.6 Å². The van der Waals surface area contributed by atoms with Crippen LogP contribution in [0.2, 0.25) is 0 Å². The number of hydrogen-bond acceptors (Lipinski definition) is 5. The normalized spacial score (nSPS) is 13.5. The Labute approximate surface area is 102 Å². The number of rotatable bonds is 3. The molecule has 0 atom stereocenters. The zero-order valence-corrected chi connectivity index (χ0v) is 9.72. The largest absolute Gasteiger partial charge is 0.484 e. The Morgan fingerprint density at radius 2 is 1.78 bits per heavy atom. The first-order chi connectivity index (χ1) is 8.40. The first-order valence-corrected chi connectivity index (χ1v) is 5.25. The third kappa shape index (κ3) is 1.90. The number of ether oxygens (including phenoxy) is 1. The van der Waals surface area contributed by atoms with Gasteiger partial charge in [0, 0.05) is 12.1 Å². The van der Waals surface area contributed by atoms with Crippen molar-refractivity contribution in [3.05, 3.63) is 33.4 Å². The lowest BCUT2D eigenvalue weighted by molar-refractivity contribution is -0.386. The predicted octanol–water partition coefficient (Wildman–Crippen LogP) is 1.27. The van der Waals surface area contributed by atoms with Gasteiger partial charge in [-0.05, 0) is 13.8 Å². The second kappa shape index (κ2) is 4.10. The number of carbonyl (C=O) groups excluding carboxylic acids is 2. The van der Waals surface area contributed by atoms with Gasteiger partial charge in [0.05, 0.1) is 22.2 Å².